The van der Waals surface area contributed by atoms with Gasteiger partial charge in [0.1, 0.15) is 77.3 Å². The smallest absolute Gasteiger partial charge is 0.157 e. The van der Waals surface area contributed by atoms with E-state index in [0.29, 0.717) is 89.5 Å². The van der Waals surface area contributed by atoms with E-state index >= 15 is 0 Å². The molecule has 16 fully saturated rings. The van der Waals surface area contributed by atoms with E-state index in [2.05, 4.69) is 104 Å². The molecule has 0 spiro atoms. The number of aliphatic imine (C=N–C) groups is 1. The summed E-state index contributed by atoms with van der Waals surface area (Å²) in [5.74, 6) is 17.6. The molecule has 1 aliphatic heterocycles. The Bertz CT molecular complexity index is 5080. The van der Waals surface area contributed by atoms with Crippen molar-refractivity contribution in [3.05, 3.63) is 79.9 Å². The highest BCUT2D eigenvalue weighted by Gasteiger charge is 2.64. The summed E-state index contributed by atoms with van der Waals surface area (Å²) in [7, 11) is 0. The van der Waals surface area contributed by atoms with Crippen LogP contribution >= 0.6 is 15.9 Å². The molecule has 0 radical (unpaired) electrons. The second-order valence-electron chi connectivity index (χ2n) is 47.6. The average Bonchev–Trinajstić information content (AvgIpc) is 1.63. The van der Waals surface area contributed by atoms with Gasteiger partial charge in [0, 0.05) is 41.6 Å². The summed E-state index contributed by atoms with van der Waals surface area (Å²) in [5.41, 5.74) is 5.79. The van der Waals surface area contributed by atoms with Crippen LogP contribution in [0.1, 0.15) is 298 Å². The number of aromatic nitrogens is 14. The summed E-state index contributed by atoms with van der Waals surface area (Å²) in [6.07, 6.45) is 62.3. The van der Waals surface area contributed by atoms with Gasteiger partial charge in [0.25, 0.3) is 0 Å². The average molecular weight is 1830 g/mol. The Hall–Kier alpha value is -6.60. The highest BCUT2D eigenvalue weighted by Crippen LogP contribution is 2.70. The van der Waals surface area contributed by atoms with Gasteiger partial charge in [-0.25, -0.2) is 39.9 Å². The molecule has 8 heterocycles. The number of rotatable bonds is 11. The number of hydrogen-bond donors (Lipinski definition) is 4. The molecule has 0 amide bonds. The molecule has 4 N–H and O–H groups in total. The van der Waals surface area contributed by atoms with Gasteiger partial charge in [-0.1, -0.05) is 43.6 Å². The monoisotopic (exact) mass is 1820 g/mol. The molecule has 0 bridgehead atoms. The molecule has 24 heteroatoms. The van der Waals surface area contributed by atoms with Crippen LogP contribution in [0.15, 0.2) is 73.7 Å². The molecule has 0 saturated heterocycles. The largest absolute Gasteiger partial charge is 0.390 e. The zero-order valence-corrected chi connectivity index (χ0v) is 79.9. The molecule has 0 aromatic carbocycles. The van der Waals surface area contributed by atoms with Gasteiger partial charge in [0.15, 0.2) is 17.3 Å². The van der Waals surface area contributed by atoms with E-state index in [-0.39, 0.29) is 39.4 Å². The predicted molar refractivity (Wildman–Crippen MR) is 498 cm³/mol. The lowest BCUT2D eigenvalue weighted by molar-refractivity contribution is -0.133. The number of nitrogens with zero attached hydrogens (tertiary/aromatic N) is 15. The Morgan fingerprint density at radius 3 is 1.05 bits per heavy atom. The molecule has 7 aromatic rings. The van der Waals surface area contributed by atoms with Crippen molar-refractivity contribution in [2.75, 3.05) is 5.33 Å². The fraction of sp³-hybridized carbons (Fsp3) is 0.771. The summed E-state index contributed by atoms with van der Waals surface area (Å²) < 4.78 is 5.35. The minimum absolute atomic E-state index is 0.130. The van der Waals surface area contributed by atoms with Gasteiger partial charge in [-0.3, -0.25) is 38.2 Å². The lowest BCUT2D eigenvalue weighted by atomic mass is 9.49. The number of aliphatic hydroxyl groups is 4. The van der Waals surface area contributed by atoms with Crippen LogP contribution in [0.4, 0.5) is 0 Å². The van der Waals surface area contributed by atoms with Crippen molar-refractivity contribution < 1.29 is 39.6 Å². The van der Waals surface area contributed by atoms with Crippen molar-refractivity contribution in [2.24, 2.45) is 169 Å². The van der Waals surface area contributed by atoms with E-state index in [1.165, 1.54) is 179 Å². The molecule has 696 valence electrons. The number of carbonyl (C=O) groups excluding carboxylic acids is 4. The topological polar surface area (TPSA) is 318 Å². The van der Waals surface area contributed by atoms with Crippen LogP contribution < -0.4 is 0 Å². The number of hydrogen-bond acceptors (Lipinski definition) is 20. The first-order valence-corrected chi connectivity index (χ1v) is 52.2. The maximum absolute atomic E-state index is 13.5. The third-order valence-electron chi connectivity index (χ3n) is 40.7. The molecule has 16 aliphatic carbocycles. The SMILES string of the molecule is C1=NCc2cncnc21.C[C@@]1(O)CC[C@H]2[C@H](CC[C@@H]3[C@@H]2CC[C@]2(C)[C@@H](C(=O)CBr)CC[C@@H]32)C1.C[C@@]1(O)CC[C@H]2[C@H](CC[C@@H]3[C@@H]2CC[C@]2(C)[C@@H](C(=O)Cn4cc5ncncc5n4)CC[C@@H]32)C1.C[C@@]1(O)CC[C@H]2[C@H](CC[C@@H]3[C@@H]2CC[C@]2(C)[C@@H](C(=O)Cn4ncc5ncncc54)CC[C@@H]32)C1.C[C@@]1(O)CC[C@H]2[C@H](CC[C@@H]3[C@@H]2CC[C@]2(C)[C@H](C(=O)Cn4ncc5ncncc54)CC[C@@H]32)C1. The highest BCUT2D eigenvalue weighted by molar-refractivity contribution is 9.09. The Kier molecular flexibility index (Phi) is 24.7. The van der Waals surface area contributed by atoms with Gasteiger partial charge in [-0.05, 0) is 399 Å². The first kappa shape index (κ1) is 90.2. The van der Waals surface area contributed by atoms with Gasteiger partial charge in [0.05, 0.1) is 83.7 Å². The number of Topliss-reactive ketones (excluding diaryl/α,β-unsaturated/α-hetero) is 4. The number of carbonyl (C=O) groups is 4. The lowest BCUT2D eigenvalue weighted by Gasteiger charge is -2.56. The molecule has 129 heavy (non-hydrogen) atoms. The van der Waals surface area contributed by atoms with E-state index in [1.54, 1.807) is 57.4 Å². The molecule has 7 aromatic heterocycles. The van der Waals surface area contributed by atoms with Crippen LogP contribution in [-0.4, -0.2) is 147 Å². The van der Waals surface area contributed by atoms with Crippen molar-refractivity contribution in [1.82, 2.24) is 69.2 Å². The number of alkyl halides is 1. The van der Waals surface area contributed by atoms with Crippen LogP contribution in [-0.2, 0) is 45.4 Å². The molecule has 0 unspecified atom stereocenters. The van der Waals surface area contributed by atoms with Crippen molar-refractivity contribution in [2.45, 2.75) is 335 Å². The van der Waals surface area contributed by atoms with Crippen molar-refractivity contribution in [3.63, 3.8) is 0 Å². The summed E-state index contributed by atoms with van der Waals surface area (Å²) in [6.45, 7) is 19.6. The van der Waals surface area contributed by atoms with Gasteiger partial charge < -0.3 is 20.4 Å². The number of halogens is 1. The van der Waals surface area contributed by atoms with Gasteiger partial charge in [0.2, 0.25) is 0 Å². The first-order valence-electron chi connectivity index (χ1n) is 51.1. The Morgan fingerprint density at radius 1 is 0.349 bits per heavy atom. The third-order valence-corrected chi connectivity index (χ3v) is 41.3. The summed E-state index contributed by atoms with van der Waals surface area (Å²) in [5, 5.41) is 56.2. The van der Waals surface area contributed by atoms with Crippen molar-refractivity contribution in [1.29, 1.82) is 0 Å². The van der Waals surface area contributed by atoms with Gasteiger partial charge >= 0.3 is 0 Å². The normalized spacial score (nSPS) is 43.3. The maximum Gasteiger partial charge on any atom is 0.157 e. The molecule has 24 rings (SSSR count). The molecule has 23 nitrogen and oxygen atoms in total. The first-order chi connectivity index (χ1) is 61.9. The van der Waals surface area contributed by atoms with E-state index in [4.69, 9.17) is 0 Å². The highest BCUT2D eigenvalue weighted by atomic mass is 79.9. The molecular weight excluding hydrogens is 1680 g/mol. The van der Waals surface area contributed by atoms with E-state index < -0.39 is 22.4 Å². The van der Waals surface area contributed by atoms with E-state index in [0.717, 1.165) is 211 Å². The van der Waals surface area contributed by atoms with E-state index in [9.17, 15) is 39.6 Å². The quantitative estimate of drug-likeness (QED) is 0.0874. The summed E-state index contributed by atoms with van der Waals surface area (Å²) in [4.78, 5) is 90.0. The standard InChI is InChI=1S/3C26H36N4O2.C21H33BrO2.C6H5N3/c2*1-25(32)9-7-17-16(11-25)3-4-19-18(17)8-10-26(2)20(19)5-6-21(26)24(31)14-30-23-13-27-15-28-22(23)12-29-30;1-25(32)9-7-17-16(11-25)3-4-19-18(17)8-10-26(2)20(19)5-6-21(26)24(31)14-30-13-23-22(29-30)12-27-15-28-23;1-20(24)9-7-14-13(11-20)3-4-16-15(14)8-10-21(2)17(16)5-6-18(21)19(23)12-22;1-5-2-8-4-9-6(5)3-7-1/h3*12-13,15-21,32H,3-11,14H2,1-2H3;13-18,24H,3-12H2,1-2H3;2-4H,1H2/t16-,17+,18-,19-,20+,21+,25-,26+;2*16-,17+,18-,19-,20+,21-,25-,26+;13-,14+,15-,16-,17+,18-,20-,21+;/m1111./s1. The Balaban J connectivity index is 0.000000105. The van der Waals surface area contributed by atoms with Gasteiger partial charge in [-0.15, -0.1) is 0 Å². The van der Waals surface area contributed by atoms with Gasteiger partial charge in [-0.2, -0.15) is 15.3 Å². The molecule has 32 atom stereocenters. The Morgan fingerprint density at radius 2 is 0.682 bits per heavy atom. The van der Waals surface area contributed by atoms with Crippen LogP contribution in [0.25, 0.3) is 33.1 Å². The lowest BCUT2D eigenvalue weighted by Crippen LogP contribution is -2.51. The molecular formula is C105H146BrN15O8. The molecule has 17 aliphatic rings. The maximum atomic E-state index is 13.5. The van der Waals surface area contributed by atoms with Crippen molar-refractivity contribution >= 4 is 78.4 Å². The number of ketones is 4. The Labute approximate surface area is 771 Å². The van der Waals surface area contributed by atoms with Crippen LogP contribution in [0.5, 0.6) is 0 Å². The van der Waals surface area contributed by atoms with Crippen LogP contribution in [0, 0.1) is 164 Å². The van der Waals surface area contributed by atoms with Crippen LogP contribution in [0.2, 0.25) is 0 Å². The summed E-state index contributed by atoms with van der Waals surface area (Å²) in [6, 6.07) is 0. The minimum atomic E-state index is -0.455. The second kappa shape index (κ2) is 35.3. The van der Waals surface area contributed by atoms with Crippen molar-refractivity contribution in [3.8, 4) is 0 Å². The van der Waals surface area contributed by atoms with Crippen LogP contribution in [0.3, 0.4) is 0 Å². The molecule has 16 saturated carbocycles. The zero-order valence-electron chi connectivity index (χ0n) is 78.3. The predicted octanol–water partition coefficient (Wildman–Crippen LogP) is 18.6. The fourth-order valence-corrected chi connectivity index (χ4v) is 35.3. The van der Waals surface area contributed by atoms with E-state index in [1.807, 2.05) is 33.9 Å². The summed E-state index contributed by atoms with van der Waals surface area (Å²) >= 11 is 3.42. The third kappa shape index (κ3) is 17.0. The zero-order chi connectivity index (χ0) is 89.5. The number of fused-ring (bicyclic) bond motifs is 24. The minimum Gasteiger partial charge on any atom is -0.390 e. The fourth-order valence-electron chi connectivity index (χ4n) is 34.9. The second-order valence-corrected chi connectivity index (χ2v) is 48.2.